The number of aromatic nitrogens is 2. The van der Waals surface area contributed by atoms with Crippen molar-refractivity contribution in [3.05, 3.63) is 48.3 Å². The Morgan fingerprint density at radius 1 is 1.37 bits per heavy atom. The Morgan fingerprint density at radius 2 is 2.05 bits per heavy atom. The Labute approximate surface area is 117 Å². The third-order valence-electron chi connectivity index (χ3n) is 2.56. The van der Waals surface area contributed by atoms with Crippen molar-refractivity contribution < 1.29 is 9.90 Å². The highest BCUT2D eigenvalue weighted by Gasteiger charge is 2.07. The van der Waals surface area contributed by atoms with Crippen molar-refractivity contribution in [1.29, 1.82) is 0 Å². The van der Waals surface area contributed by atoms with Gasteiger partial charge in [0.25, 0.3) is 0 Å². The zero-order valence-electron chi connectivity index (χ0n) is 10.5. The summed E-state index contributed by atoms with van der Waals surface area (Å²) in [7, 11) is 0. The van der Waals surface area contributed by atoms with Gasteiger partial charge in [-0.05, 0) is 13.0 Å². The molecule has 0 amide bonds. The van der Waals surface area contributed by atoms with E-state index in [1.54, 1.807) is 0 Å². The summed E-state index contributed by atoms with van der Waals surface area (Å²) in [6.45, 7) is 2.82. The molecule has 0 saturated heterocycles. The third kappa shape index (κ3) is 3.69. The molecule has 0 saturated carbocycles. The average molecular weight is 279 g/mol. The van der Waals surface area contributed by atoms with E-state index in [1.165, 1.54) is 6.08 Å². The second-order valence-electron chi connectivity index (χ2n) is 3.81. The van der Waals surface area contributed by atoms with Crippen LogP contribution in [0.3, 0.4) is 0 Å². The first-order chi connectivity index (χ1) is 8.70. The maximum absolute atomic E-state index is 10.5. The molecule has 2 rings (SSSR count). The minimum absolute atomic E-state index is 0. The molecular weight excluding hydrogens is 264 g/mol. The van der Waals surface area contributed by atoms with Crippen molar-refractivity contribution in [2.24, 2.45) is 0 Å². The summed E-state index contributed by atoms with van der Waals surface area (Å²) in [5.74, 6) is -0.120. The highest BCUT2D eigenvalue weighted by Crippen LogP contribution is 2.19. The molecule has 5 heteroatoms. The van der Waals surface area contributed by atoms with E-state index in [-0.39, 0.29) is 12.4 Å². The van der Waals surface area contributed by atoms with Crippen LogP contribution in [0.15, 0.2) is 42.6 Å². The zero-order chi connectivity index (χ0) is 13.0. The van der Waals surface area contributed by atoms with Crippen LogP contribution in [-0.4, -0.2) is 20.6 Å². The van der Waals surface area contributed by atoms with Crippen molar-refractivity contribution >= 4 is 24.5 Å². The molecular formula is C14H15ClN2O2. The summed E-state index contributed by atoms with van der Waals surface area (Å²) in [6, 6.07) is 9.83. The van der Waals surface area contributed by atoms with Gasteiger partial charge in [0.15, 0.2) is 0 Å². The van der Waals surface area contributed by atoms with E-state index in [2.05, 4.69) is 4.98 Å². The van der Waals surface area contributed by atoms with Gasteiger partial charge in [0, 0.05) is 24.4 Å². The summed E-state index contributed by atoms with van der Waals surface area (Å²) < 4.78 is 2.00. The number of hydrogen-bond donors (Lipinski definition) is 1. The van der Waals surface area contributed by atoms with E-state index in [9.17, 15) is 4.79 Å². The molecule has 0 unspecified atom stereocenters. The molecule has 1 aromatic heterocycles. The second-order valence-corrected chi connectivity index (χ2v) is 3.81. The number of aliphatic carboxylic acids is 1. The number of halogens is 1. The Hall–Kier alpha value is -2.07. The molecule has 1 aromatic carbocycles. The van der Waals surface area contributed by atoms with Crippen molar-refractivity contribution in [2.45, 2.75) is 13.5 Å². The lowest BCUT2D eigenvalue weighted by Gasteiger charge is -2.03. The number of imidazole rings is 1. The molecule has 2 aromatic rings. The van der Waals surface area contributed by atoms with Crippen LogP contribution in [0.5, 0.6) is 0 Å². The minimum atomic E-state index is -0.970. The van der Waals surface area contributed by atoms with Gasteiger partial charge in [-0.15, -0.1) is 12.4 Å². The van der Waals surface area contributed by atoms with Crippen molar-refractivity contribution in [1.82, 2.24) is 9.55 Å². The van der Waals surface area contributed by atoms with E-state index >= 15 is 0 Å². The fourth-order valence-electron chi connectivity index (χ4n) is 1.73. The second kappa shape index (κ2) is 6.75. The van der Waals surface area contributed by atoms with Crippen LogP contribution in [0.25, 0.3) is 17.5 Å². The number of benzene rings is 1. The maximum Gasteiger partial charge on any atom is 0.328 e. The summed E-state index contributed by atoms with van der Waals surface area (Å²) in [6.07, 6.45) is 4.44. The highest BCUT2D eigenvalue weighted by molar-refractivity contribution is 5.85. The molecule has 19 heavy (non-hydrogen) atoms. The Morgan fingerprint density at radius 3 is 2.63 bits per heavy atom. The van der Waals surface area contributed by atoms with Gasteiger partial charge in [0.1, 0.15) is 5.82 Å². The van der Waals surface area contributed by atoms with Gasteiger partial charge >= 0.3 is 5.97 Å². The number of aryl methyl sites for hydroxylation is 1. The predicted octanol–water partition coefficient (Wildman–Crippen LogP) is 3.09. The van der Waals surface area contributed by atoms with Crippen LogP contribution in [-0.2, 0) is 11.3 Å². The van der Waals surface area contributed by atoms with Gasteiger partial charge in [-0.1, -0.05) is 30.3 Å². The van der Waals surface area contributed by atoms with Gasteiger partial charge < -0.3 is 9.67 Å². The highest BCUT2D eigenvalue weighted by atomic mass is 35.5. The van der Waals surface area contributed by atoms with Gasteiger partial charge in [-0.3, -0.25) is 0 Å². The third-order valence-corrected chi connectivity index (χ3v) is 2.56. The Balaban J connectivity index is 0.00000180. The molecule has 1 heterocycles. The smallest absolute Gasteiger partial charge is 0.328 e. The topological polar surface area (TPSA) is 55.1 Å². The number of rotatable bonds is 4. The molecule has 0 bridgehead atoms. The standard InChI is InChI=1S/C14H14N2O2.ClH/c1-2-16-10-12(8-9-13(17)18)15-14(16)11-6-4-3-5-7-11;/h3-10H,2H2,1H3,(H,17,18);1H/b9-8+;. The molecule has 1 N–H and O–H groups in total. The zero-order valence-corrected chi connectivity index (χ0v) is 11.3. The van der Waals surface area contributed by atoms with Crippen molar-refractivity contribution in [3.63, 3.8) is 0 Å². The van der Waals surface area contributed by atoms with E-state index in [0.717, 1.165) is 24.0 Å². The van der Waals surface area contributed by atoms with Crippen LogP contribution in [0, 0.1) is 0 Å². The molecule has 100 valence electrons. The number of hydrogen-bond acceptors (Lipinski definition) is 2. The van der Waals surface area contributed by atoms with Gasteiger partial charge in [-0.25, -0.2) is 9.78 Å². The van der Waals surface area contributed by atoms with Crippen LogP contribution < -0.4 is 0 Å². The molecule has 0 aliphatic rings. The summed E-state index contributed by atoms with van der Waals surface area (Å²) in [4.78, 5) is 14.9. The Kier molecular flexibility index (Phi) is 5.33. The van der Waals surface area contributed by atoms with Crippen LogP contribution in [0.2, 0.25) is 0 Å². The van der Waals surface area contributed by atoms with E-state index in [1.807, 2.05) is 48.0 Å². The largest absolute Gasteiger partial charge is 0.478 e. The number of carboxylic acids is 1. The van der Waals surface area contributed by atoms with Crippen molar-refractivity contribution in [2.75, 3.05) is 0 Å². The quantitative estimate of drug-likeness (QED) is 0.875. The Bertz CT molecular complexity index is 576. The molecule has 0 radical (unpaired) electrons. The number of carbonyl (C=O) groups is 1. The average Bonchev–Trinajstić information content (AvgIpc) is 2.80. The first kappa shape index (κ1) is 15.0. The predicted molar refractivity (Wildman–Crippen MR) is 77.3 cm³/mol. The minimum Gasteiger partial charge on any atom is -0.478 e. The number of carboxylic acid groups (broad SMARTS) is 1. The van der Waals surface area contributed by atoms with Gasteiger partial charge in [-0.2, -0.15) is 0 Å². The first-order valence-electron chi connectivity index (χ1n) is 5.74. The molecule has 0 spiro atoms. The molecule has 0 aliphatic carbocycles. The molecule has 4 nitrogen and oxygen atoms in total. The lowest BCUT2D eigenvalue weighted by Crippen LogP contribution is -1.95. The first-order valence-corrected chi connectivity index (χ1v) is 5.74. The van der Waals surface area contributed by atoms with Crippen LogP contribution in [0.4, 0.5) is 0 Å². The fraction of sp³-hybridized carbons (Fsp3) is 0.143. The van der Waals surface area contributed by atoms with Crippen LogP contribution in [0.1, 0.15) is 12.6 Å². The SMILES string of the molecule is CCn1cc(/C=C/C(=O)O)nc1-c1ccccc1.Cl. The normalized spacial score (nSPS) is 10.4. The lowest BCUT2D eigenvalue weighted by molar-refractivity contribution is -0.131. The van der Waals surface area contributed by atoms with Crippen LogP contribution >= 0.6 is 12.4 Å². The monoisotopic (exact) mass is 278 g/mol. The fourth-order valence-corrected chi connectivity index (χ4v) is 1.73. The van der Waals surface area contributed by atoms with E-state index < -0.39 is 5.97 Å². The molecule has 0 atom stereocenters. The lowest BCUT2D eigenvalue weighted by atomic mass is 10.2. The van der Waals surface area contributed by atoms with Crippen molar-refractivity contribution in [3.8, 4) is 11.4 Å². The summed E-state index contributed by atoms with van der Waals surface area (Å²) in [5.41, 5.74) is 1.67. The maximum atomic E-state index is 10.5. The molecule has 0 aliphatic heterocycles. The number of nitrogens with zero attached hydrogens (tertiary/aromatic N) is 2. The van der Waals surface area contributed by atoms with E-state index in [0.29, 0.717) is 5.69 Å². The van der Waals surface area contributed by atoms with Gasteiger partial charge in [0.2, 0.25) is 0 Å². The van der Waals surface area contributed by atoms with Gasteiger partial charge in [0.05, 0.1) is 5.69 Å². The summed E-state index contributed by atoms with van der Waals surface area (Å²) >= 11 is 0. The molecule has 0 fully saturated rings. The van der Waals surface area contributed by atoms with E-state index in [4.69, 9.17) is 5.11 Å². The summed E-state index contributed by atoms with van der Waals surface area (Å²) in [5, 5.41) is 8.60.